The van der Waals surface area contributed by atoms with Gasteiger partial charge in [-0.15, -0.1) is 0 Å². The Balaban J connectivity index is 1.76. The molecule has 0 aliphatic carbocycles. The average Bonchev–Trinajstić information content (AvgIpc) is 2.74. The number of anilines is 1. The maximum atomic E-state index is 12.9. The van der Waals surface area contributed by atoms with E-state index in [1.165, 1.54) is 0 Å². The summed E-state index contributed by atoms with van der Waals surface area (Å²) in [7, 11) is 0. The van der Waals surface area contributed by atoms with Crippen LogP contribution in [0, 0.1) is 6.92 Å². The fourth-order valence-electron chi connectivity index (χ4n) is 2.90. The molecule has 5 nitrogen and oxygen atoms in total. The summed E-state index contributed by atoms with van der Waals surface area (Å²) in [5.41, 5.74) is 0.0240. The minimum atomic E-state index is -2.04. The first-order valence-electron chi connectivity index (χ1n) is 8.98. The Morgan fingerprint density at radius 1 is 0.966 bits per heavy atom. The average molecular weight is 410 g/mol. The smallest absolute Gasteiger partial charge is 0.348 e. The fourth-order valence-corrected chi connectivity index (χ4v) is 3.19. The highest BCUT2D eigenvalue weighted by molar-refractivity contribution is 6.33. The summed E-state index contributed by atoms with van der Waals surface area (Å²) in [5, 5.41) is 14.3. The highest BCUT2D eigenvalue weighted by atomic mass is 35.5. The number of ether oxygens (including phenoxy) is 1. The lowest BCUT2D eigenvalue weighted by atomic mass is 9.86. The van der Waals surface area contributed by atoms with E-state index in [9.17, 15) is 14.7 Å². The number of hydrogen-bond donors (Lipinski definition) is 2. The quantitative estimate of drug-likeness (QED) is 0.602. The summed E-state index contributed by atoms with van der Waals surface area (Å²) >= 11 is 6.11. The van der Waals surface area contributed by atoms with E-state index >= 15 is 0 Å². The van der Waals surface area contributed by atoms with Gasteiger partial charge in [-0.05, 0) is 35.7 Å². The van der Waals surface area contributed by atoms with Gasteiger partial charge in [0, 0.05) is 0 Å². The van der Waals surface area contributed by atoms with Crippen LogP contribution in [0.25, 0.3) is 0 Å². The molecule has 0 atom stereocenters. The zero-order valence-corrected chi connectivity index (χ0v) is 16.5. The molecule has 0 heterocycles. The van der Waals surface area contributed by atoms with E-state index in [-0.39, 0.29) is 0 Å². The van der Waals surface area contributed by atoms with Crippen LogP contribution in [0.15, 0.2) is 78.9 Å². The number of hydrogen-bond acceptors (Lipinski definition) is 4. The minimum Gasteiger partial charge on any atom is -0.453 e. The van der Waals surface area contributed by atoms with Gasteiger partial charge in [-0.3, -0.25) is 4.79 Å². The van der Waals surface area contributed by atoms with E-state index in [4.69, 9.17) is 16.3 Å². The molecule has 2 N–H and O–H groups in total. The number of rotatable bonds is 6. The second-order valence-electron chi connectivity index (χ2n) is 6.55. The molecular formula is C23H20ClNO4. The second kappa shape index (κ2) is 8.90. The first-order valence-corrected chi connectivity index (χ1v) is 9.35. The molecule has 0 saturated heterocycles. The summed E-state index contributed by atoms with van der Waals surface area (Å²) in [6.45, 7) is 1.32. The molecule has 0 saturated carbocycles. The van der Waals surface area contributed by atoms with Gasteiger partial charge in [0.05, 0.1) is 10.7 Å². The number of carbonyl (C=O) groups excluding carboxylic acids is 2. The Morgan fingerprint density at radius 3 is 2.03 bits per heavy atom. The predicted octanol–water partition coefficient (Wildman–Crippen LogP) is 4.07. The SMILES string of the molecule is Cc1ccc(NC(=O)COC(=O)C(O)(c2ccccc2)c2ccccc2)c(Cl)c1. The molecule has 0 aliphatic heterocycles. The Morgan fingerprint density at radius 2 is 1.52 bits per heavy atom. The maximum absolute atomic E-state index is 12.9. The topological polar surface area (TPSA) is 75.6 Å². The molecule has 3 aromatic rings. The van der Waals surface area contributed by atoms with Gasteiger partial charge < -0.3 is 15.2 Å². The van der Waals surface area contributed by atoms with E-state index in [2.05, 4.69) is 5.32 Å². The largest absolute Gasteiger partial charge is 0.453 e. The van der Waals surface area contributed by atoms with Crippen molar-refractivity contribution in [1.29, 1.82) is 0 Å². The van der Waals surface area contributed by atoms with E-state index < -0.39 is 24.1 Å². The minimum absolute atomic E-state index is 0.346. The summed E-state index contributed by atoms with van der Waals surface area (Å²) in [5.74, 6) is -1.51. The van der Waals surface area contributed by atoms with Crippen molar-refractivity contribution in [2.75, 3.05) is 11.9 Å². The van der Waals surface area contributed by atoms with Gasteiger partial charge in [0.1, 0.15) is 0 Å². The molecule has 3 rings (SSSR count). The third-order valence-electron chi connectivity index (χ3n) is 4.41. The molecule has 1 amide bonds. The lowest BCUT2D eigenvalue weighted by molar-refractivity contribution is -0.163. The van der Waals surface area contributed by atoms with Crippen molar-refractivity contribution < 1.29 is 19.4 Å². The summed E-state index contributed by atoms with van der Waals surface area (Å²) in [6, 6.07) is 22.1. The number of nitrogens with one attached hydrogen (secondary N) is 1. The molecule has 0 bridgehead atoms. The molecular weight excluding hydrogens is 390 g/mol. The highest BCUT2D eigenvalue weighted by Gasteiger charge is 2.41. The summed E-state index contributed by atoms with van der Waals surface area (Å²) < 4.78 is 5.17. The number of amides is 1. The van der Waals surface area contributed by atoms with Crippen molar-refractivity contribution in [3.63, 3.8) is 0 Å². The number of esters is 1. The maximum Gasteiger partial charge on any atom is 0.348 e. The van der Waals surface area contributed by atoms with Crippen LogP contribution < -0.4 is 5.32 Å². The van der Waals surface area contributed by atoms with E-state index in [0.717, 1.165) is 5.56 Å². The summed E-state index contributed by atoms with van der Waals surface area (Å²) in [4.78, 5) is 25.1. The number of aliphatic hydroxyl groups is 1. The van der Waals surface area contributed by atoms with Gasteiger partial charge in [-0.1, -0.05) is 78.3 Å². The predicted molar refractivity (Wildman–Crippen MR) is 112 cm³/mol. The Bertz CT molecular complexity index is 966. The molecule has 29 heavy (non-hydrogen) atoms. The van der Waals surface area contributed by atoms with Crippen molar-refractivity contribution in [3.8, 4) is 0 Å². The first kappa shape index (κ1) is 20.6. The van der Waals surface area contributed by atoms with Gasteiger partial charge in [0.25, 0.3) is 5.91 Å². The number of aryl methyl sites for hydroxylation is 1. The highest BCUT2D eigenvalue weighted by Crippen LogP contribution is 2.31. The first-order chi connectivity index (χ1) is 13.9. The zero-order valence-electron chi connectivity index (χ0n) is 15.8. The standard InChI is InChI=1S/C23H20ClNO4/c1-16-12-13-20(19(24)14-16)25-21(26)15-29-22(27)23(28,17-8-4-2-5-9-17)18-10-6-3-7-11-18/h2-14,28H,15H2,1H3,(H,25,26). The molecule has 0 aromatic heterocycles. The van der Waals surface area contributed by atoms with Gasteiger partial charge in [0.15, 0.2) is 6.61 Å². The van der Waals surface area contributed by atoms with Crippen LogP contribution in [0.2, 0.25) is 5.02 Å². The van der Waals surface area contributed by atoms with Crippen molar-refractivity contribution in [2.45, 2.75) is 12.5 Å². The lowest BCUT2D eigenvalue weighted by Crippen LogP contribution is -2.39. The lowest BCUT2D eigenvalue weighted by Gasteiger charge is -2.27. The second-order valence-corrected chi connectivity index (χ2v) is 6.96. The zero-order chi connectivity index (χ0) is 20.9. The Labute approximate surface area is 173 Å². The number of carbonyl (C=O) groups is 2. The molecule has 0 fully saturated rings. The third kappa shape index (κ3) is 4.65. The van der Waals surface area contributed by atoms with Crippen LogP contribution in [0.1, 0.15) is 16.7 Å². The van der Waals surface area contributed by atoms with Crippen LogP contribution in [0.4, 0.5) is 5.69 Å². The van der Waals surface area contributed by atoms with Gasteiger partial charge >= 0.3 is 5.97 Å². The normalized spacial score (nSPS) is 11.0. The number of benzene rings is 3. The molecule has 0 radical (unpaired) electrons. The third-order valence-corrected chi connectivity index (χ3v) is 4.72. The molecule has 148 valence electrons. The molecule has 0 aliphatic rings. The van der Waals surface area contributed by atoms with Crippen LogP contribution in [0.5, 0.6) is 0 Å². The van der Waals surface area contributed by atoms with Crippen LogP contribution in [-0.4, -0.2) is 23.6 Å². The van der Waals surface area contributed by atoms with Crippen LogP contribution in [0.3, 0.4) is 0 Å². The molecule has 3 aromatic carbocycles. The van der Waals surface area contributed by atoms with E-state index in [1.807, 2.05) is 6.92 Å². The van der Waals surface area contributed by atoms with Crippen molar-refractivity contribution in [3.05, 3.63) is 101 Å². The molecule has 6 heteroatoms. The van der Waals surface area contributed by atoms with Crippen LogP contribution >= 0.6 is 11.6 Å². The van der Waals surface area contributed by atoms with Gasteiger partial charge in [-0.2, -0.15) is 0 Å². The van der Waals surface area contributed by atoms with Gasteiger partial charge in [0.2, 0.25) is 5.60 Å². The van der Waals surface area contributed by atoms with Crippen molar-refractivity contribution in [1.82, 2.24) is 0 Å². The van der Waals surface area contributed by atoms with Crippen molar-refractivity contribution >= 4 is 29.2 Å². The van der Waals surface area contributed by atoms with E-state index in [1.54, 1.807) is 78.9 Å². The molecule has 0 spiro atoms. The van der Waals surface area contributed by atoms with Crippen LogP contribution in [-0.2, 0) is 19.9 Å². The number of halogens is 1. The van der Waals surface area contributed by atoms with Gasteiger partial charge in [-0.25, -0.2) is 4.79 Å². The Kier molecular flexibility index (Phi) is 6.32. The Hall–Kier alpha value is -3.15. The molecule has 0 unspecified atom stereocenters. The van der Waals surface area contributed by atoms with Crippen molar-refractivity contribution in [2.24, 2.45) is 0 Å². The van der Waals surface area contributed by atoms with E-state index in [0.29, 0.717) is 21.8 Å². The summed E-state index contributed by atoms with van der Waals surface area (Å²) in [6.07, 6.45) is 0. The monoisotopic (exact) mass is 409 g/mol. The fraction of sp³-hybridized carbons (Fsp3) is 0.130.